The molecule has 2 aliphatic heterocycles. The van der Waals surface area contributed by atoms with Crippen molar-refractivity contribution in [2.24, 2.45) is 45.3 Å². The van der Waals surface area contributed by atoms with Crippen LogP contribution in [0.3, 0.4) is 0 Å². The summed E-state index contributed by atoms with van der Waals surface area (Å²) in [5, 5.41) is 10.2. The molecule has 0 spiro atoms. The summed E-state index contributed by atoms with van der Waals surface area (Å²) in [7, 11) is 2.13. The molecule has 10 aliphatic rings. The van der Waals surface area contributed by atoms with E-state index in [1.165, 1.54) is 83.5 Å². The smallest absolute Gasteiger partial charge is 0.0286 e. The predicted octanol–water partition coefficient (Wildman–Crippen LogP) is 13.0. The van der Waals surface area contributed by atoms with Crippen molar-refractivity contribution in [1.29, 1.82) is 0 Å². The summed E-state index contributed by atoms with van der Waals surface area (Å²) in [6, 6.07) is 10.3. The lowest BCUT2D eigenvalue weighted by molar-refractivity contribution is -0.103. The van der Waals surface area contributed by atoms with E-state index in [-0.39, 0.29) is 7.92 Å². The molecule has 1 aromatic rings. The summed E-state index contributed by atoms with van der Waals surface area (Å²) in [4.78, 5) is 0. The van der Waals surface area contributed by atoms with Crippen LogP contribution in [0.1, 0.15) is 174 Å². The maximum atomic E-state index is 4.12. The van der Waals surface area contributed by atoms with E-state index in [2.05, 4.69) is 76.4 Å². The van der Waals surface area contributed by atoms with Gasteiger partial charge in [0.05, 0.1) is 0 Å². The highest BCUT2D eigenvalue weighted by atomic mass is 31.1. The van der Waals surface area contributed by atoms with Crippen molar-refractivity contribution in [3.8, 4) is 0 Å². The molecule has 1 aromatic carbocycles. The molecule has 8 bridgehead atoms. The minimum absolute atomic E-state index is 0.142. The Morgan fingerprint density at radius 1 is 0.647 bits per heavy atom. The van der Waals surface area contributed by atoms with Crippen LogP contribution in [0.4, 0.5) is 0 Å². The molecule has 11 rings (SSSR count). The summed E-state index contributed by atoms with van der Waals surface area (Å²) < 4.78 is 0. The molecule has 0 amide bonds. The van der Waals surface area contributed by atoms with E-state index in [4.69, 9.17) is 0 Å². The molecule has 8 saturated carbocycles. The van der Waals surface area contributed by atoms with Gasteiger partial charge in [-0.25, -0.2) is 0 Å². The van der Waals surface area contributed by atoms with Crippen molar-refractivity contribution in [1.82, 2.24) is 10.6 Å². The van der Waals surface area contributed by atoms with Crippen molar-refractivity contribution in [3.05, 3.63) is 35.4 Å². The van der Waals surface area contributed by atoms with E-state index in [0.717, 1.165) is 57.8 Å². The molecular formula is C46H75N2P3. The Hall–Kier alpha value is 0.430. The Bertz CT molecular complexity index is 1300. The largest absolute Gasteiger partial charge is 0.310 e. The van der Waals surface area contributed by atoms with Gasteiger partial charge in [-0.15, -0.1) is 17.2 Å². The normalized spacial score (nSPS) is 45.0. The van der Waals surface area contributed by atoms with Crippen LogP contribution in [0, 0.1) is 45.3 Å². The minimum Gasteiger partial charge on any atom is -0.310 e. The fourth-order valence-electron chi connectivity index (χ4n) is 15.2. The third kappa shape index (κ3) is 6.85. The fraction of sp³-hybridized carbons (Fsp3) is 0.870. The van der Waals surface area contributed by atoms with Gasteiger partial charge in [-0.1, -0.05) is 86.6 Å². The first kappa shape index (κ1) is 37.0. The second-order valence-electron chi connectivity index (χ2n) is 22.6. The zero-order chi connectivity index (χ0) is 35.3. The van der Waals surface area contributed by atoms with Crippen molar-refractivity contribution in [3.63, 3.8) is 0 Å². The van der Waals surface area contributed by atoms with Crippen LogP contribution in [0.5, 0.6) is 0 Å². The van der Waals surface area contributed by atoms with Crippen molar-refractivity contribution >= 4 is 25.1 Å². The molecular weight excluding hydrogens is 673 g/mol. The highest BCUT2D eigenvalue weighted by Crippen LogP contribution is 2.78. The first-order valence-corrected chi connectivity index (χ1v) is 25.9. The number of rotatable bonds is 9. The predicted molar refractivity (Wildman–Crippen MR) is 226 cm³/mol. The van der Waals surface area contributed by atoms with E-state index in [9.17, 15) is 0 Å². The standard InChI is InChI=1S/C46H75N2P3/c1-41(2,3)43-21-32-19-33(22-43)26-45(25-32,30-43)49-40(50-46-27-34-20-35(28-46)24-44(23-34,31-46)42(4,5)6)37-14-8-7-13-36(37)29-51(38-15-9-11-17-47-38)39-16-10-12-18-48-39/h7-8,13-14,32-35,38-40,47-50H,9-12,15-31H2,1-6H3. The molecule has 2 heterocycles. The molecule has 0 aromatic heterocycles. The molecule has 8 aliphatic carbocycles. The summed E-state index contributed by atoms with van der Waals surface area (Å²) >= 11 is 0. The second kappa shape index (κ2) is 13.5. The zero-order valence-corrected chi connectivity index (χ0v) is 36.5. The van der Waals surface area contributed by atoms with Gasteiger partial charge in [-0.2, -0.15) is 0 Å². The number of nitrogens with one attached hydrogen (secondary N) is 2. The Morgan fingerprint density at radius 3 is 1.51 bits per heavy atom. The third-order valence-corrected chi connectivity index (χ3v) is 24.9. The van der Waals surface area contributed by atoms with E-state index in [1.807, 2.05) is 5.56 Å². The van der Waals surface area contributed by atoms with Gasteiger partial charge in [0.25, 0.3) is 0 Å². The van der Waals surface area contributed by atoms with Gasteiger partial charge in [0.2, 0.25) is 0 Å². The van der Waals surface area contributed by atoms with Gasteiger partial charge in [-0.05, 0) is 189 Å². The average Bonchev–Trinajstić information content (AvgIpc) is 3.05. The molecule has 8 unspecified atom stereocenters. The Labute approximate surface area is 318 Å². The number of hydrogen-bond acceptors (Lipinski definition) is 2. The quantitative estimate of drug-likeness (QED) is 0.246. The SMILES string of the molecule is CC(C)(C)C12CC3CC(CC(PC(PC45CC6CC(C4)CC(C(C)(C)C)(C6)C5)c4ccccc4CP(C4CCCCN4)C4CCCCN4)(C3)C1)C2. The lowest BCUT2D eigenvalue weighted by Gasteiger charge is -2.68. The van der Waals surface area contributed by atoms with Crippen molar-refractivity contribution < 1.29 is 0 Å². The minimum atomic E-state index is -0.142. The van der Waals surface area contributed by atoms with Gasteiger partial charge in [0.1, 0.15) is 0 Å². The second-order valence-corrected chi connectivity index (χ2v) is 29.6. The van der Waals surface area contributed by atoms with Crippen LogP contribution in [-0.4, -0.2) is 35.0 Å². The van der Waals surface area contributed by atoms with Crippen LogP contribution >= 0.6 is 25.1 Å². The van der Waals surface area contributed by atoms with Gasteiger partial charge in [-0.3, -0.25) is 0 Å². The highest BCUT2D eigenvalue weighted by Gasteiger charge is 2.64. The lowest BCUT2D eigenvalue weighted by atomic mass is 9.43. The van der Waals surface area contributed by atoms with Crippen LogP contribution in [0.15, 0.2) is 24.3 Å². The first-order valence-electron chi connectivity index (χ1n) is 22.1. The molecule has 2 nitrogen and oxygen atoms in total. The summed E-state index contributed by atoms with van der Waals surface area (Å²) in [5.41, 5.74) is 5.69. The Morgan fingerprint density at radius 2 is 1.10 bits per heavy atom. The molecule has 2 saturated heterocycles. The van der Waals surface area contributed by atoms with Gasteiger partial charge in [0, 0.05) is 17.0 Å². The molecule has 51 heavy (non-hydrogen) atoms. The first-order chi connectivity index (χ1) is 24.3. The van der Waals surface area contributed by atoms with E-state index in [0.29, 0.717) is 32.0 Å². The van der Waals surface area contributed by atoms with Gasteiger partial charge >= 0.3 is 0 Å². The maximum Gasteiger partial charge on any atom is 0.0286 e. The lowest BCUT2D eigenvalue weighted by Crippen LogP contribution is -2.58. The van der Waals surface area contributed by atoms with E-state index >= 15 is 0 Å². The molecule has 10 fully saturated rings. The van der Waals surface area contributed by atoms with Crippen LogP contribution < -0.4 is 10.6 Å². The van der Waals surface area contributed by atoms with Crippen molar-refractivity contribution in [2.75, 3.05) is 13.1 Å². The van der Waals surface area contributed by atoms with E-state index < -0.39 is 0 Å². The summed E-state index contributed by atoms with van der Waals surface area (Å²) in [5.74, 6) is 5.50. The summed E-state index contributed by atoms with van der Waals surface area (Å²) in [6.07, 6.45) is 28.4. The topological polar surface area (TPSA) is 24.1 Å². The maximum absolute atomic E-state index is 4.12. The Balaban J connectivity index is 1.09. The number of piperidine rings is 2. The van der Waals surface area contributed by atoms with E-state index in [1.54, 1.807) is 56.9 Å². The highest BCUT2D eigenvalue weighted by molar-refractivity contribution is 7.59. The molecule has 284 valence electrons. The molecule has 2 N–H and O–H groups in total. The van der Waals surface area contributed by atoms with Crippen LogP contribution in [0.2, 0.25) is 0 Å². The average molecular weight is 749 g/mol. The van der Waals surface area contributed by atoms with Gasteiger partial charge < -0.3 is 10.6 Å². The summed E-state index contributed by atoms with van der Waals surface area (Å²) in [6.45, 7) is 18.3. The molecule has 0 radical (unpaired) electrons. The zero-order valence-electron chi connectivity index (χ0n) is 33.6. The van der Waals surface area contributed by atoms with Crippen molar-refractivity contribution in [2.45, 2.75) is 191 Å². The van der Waals surface area contributed by atoms with Crippen LogP contribution in [0.25, 0.3) is 0 Å². The third-order valence-electron chi connectivity index (χ3n) is 17.3. The molecule has 8 atom stereocenters. The van der Waals surface area contributed by atoms with Gasteiger partial charge in [0.15, 0.2) is 0 Å². The number of hydrogen-bond donors (Lipinski definition) is 2. The Kier molecular flexibility index (Phi) is 9.82. The molecule has 5 heteroatoms. The van der Waals surface area contributed by atoms with Crippen LogP contribution in [-0.2, 0) is 6.16 Å². The fourth-order valence-corrected chi connectivity index (χ4v) is 25.3. The monoisotopic (exact) mass is 749 g/mol. The number of benzene rings is 1.